The molecule has 3 N–H and O–H groups in total. The van der Waals surface area contributed by atoms with Crippen LogP contribution in [-0.2, 0) is 0 Å². The number of halogens is 3. The minimum Gasteiger partial charge on any atom is -0.454 e. The van der Waals surface area contributed by atoms with E-state index in [0.29, 0.717) is 17.2 Å². The van der Waals surface area contributed by atoms with Crippen LogP contribution in [0.1, 0.15) is 23.0 Å². The van der Waals surface area contributed by atoms with Crippen molar-refractivity contribution in [1.82, 2.24) is 10.4 Å². The molecule has 0 fully saturated rings. The lowest BCUT2D eigenvalue weighted by Crippen LogP contribution is -2.21. The molecule has 10 heteroatoms. The molecule has 0 spiro atoms. The van der Waals surface area contributed by atoms with E-state index in [2.05, 4.69) is 15.5 Å². The molecule has 130 valence electrons. The van der Waals surface area contributed by atoms with E-state index < -0.39 is 5.91 Å². The third kappa shape index (κ3) is 3.44. The number of nitrogens with one attached hydrogen (secondary N) is 1. The average Bonchev–Trinajstić information content (AvgIpc) is 3.08. The Labute approximate surface area is 157 Å². The number of nitrogen functional groups attached to an aromatic ring is 1. The Hall–Kier alpha value is -2.22. The van der Waals surface area contributed by atoms with Crippen molar-refractivity contribution in [3.8, 4) is 11.5 Å². The Kier molecular flexibility index (Phi) is 4.89. The second kappa shape index (κ2) is 6.95. The summed E-state index contributed by atoms with van der Waals surface area (Å²) in [6.45, 7) is 1.89. The number of nitrogens with zero attached hydrogens (tertiary/aromatic N) is 2. The monoisotopic (exact) mass is 400 g/mol. The molecule has 1 aliphatic heterocycles. The van der Waals surface area contributed by atoms with Gasteiger partial charge < -0.3 is 15.2 Å². The summed E-state index contributed by atoms with van der Waals surface area (Å²) in [6.07, 6.45) is 0. The first kappa shape index (κ1) is 17.6. The average molecular weight is 402 g/mol. The van der Waals surface area contributed by atoms with Gasteiger partial charge >= 0.3 is 0 Å². The third-order valence-corrected chi connectivity index (χ3v) is 4.54. The number of fused-ring (bicyclic) bond motifs is 1. The molecule has 0 saturated carbocycles. The number of carbonyl (C=O) groups is 1. The topological polar surface area (TPSA) is 98.8 Å². The number of hydrogen-bond donors (Lipinski definition) is 2. The standard InChI is InChI=1S/C15H11Cl3N4O3/c1-6(7-2-3-8-9(4-7)25-5-24-8)21-22-15(23)13-10(16)12(19)11(17)14(18)20-13/h2-4H,5H2,1H3,(H2,19,20)(H,22,23)/b21-6+. The zero-order valence-corrected chi connectivity index (χ0v) is 15.0. The fraction of sp³-hybridized carbons (Fsp3) is 0.133. The zero-order valence-electron chi connectivity index (χ0n) is 12.8. The van der Waals surface area contributed by atoms with Crippen LogP contribution in [0.15, 0.2) is 23.3 Å². The number of ether oxygens (including phenoxy) is 2. The van der Waals surface area contributed by atoms with Crippen LogP contribution in [0.25, 0.3) is 0 Å². The predicted octanol–water partition coefficient (Wildman–Crippen LogP) is 3.51. The molecule has 0 unspecified atom stereocenters. The number of nitrogens with two attached hydrogens (primary N) is 1. The minimum atomic E-state index is -0.671. The minimum absolute atomic E-state index is 0.0109. The summed E-state index contributed by atoms with van der Waals surface area (Å²) < 4.78 is 10.5. The zero-order chi connectivity index (χ0) is 18.1. The molecule has 0 radical (unpaired) electrons. The number of hydrogen-bond acceptors (Lipinski definition) is 6. The van der Waals surface area contributed by atoms with Crippen LogP contribution in [0.2, 0.25) is 15.2 Å². The number of aromatic nitrogens is 1. The molecule has 1 amide bonds. The molecule has 3 rings (SSSR count). The summed E-state index contributed by atoms with van der Waals surface area (Å²) >= 11 is 17.6. The van der Waals surface area contributed by atoms with Gasteiger partial charge in [-0.15, -0.1) is 0 Å². The van der Waals surface area contributed by atoms with Crippen molar-refractivity contribution >= 4 is 52.1 Å². The fourth-order valence-corrected chi connectivity index (χ4v) is 2.65. The molecule has 0 atom stereocenters. The van der Waals surface area contributed by atoms with E-state index in [-0.39, 0.29) is 33.4 Å². The molecule has 0 saturated heterocycles. The highest BCUT2D eigenvalue weighted by atomic mass is 35.5. The number of carbonyl (C=O) groups excluding carboxylic acids is 1. The largest absolute Gasteiger partial charge is 0.454 e. The number of benzene rings is 1. The van der Waals surface area contributed by atoms with Crippen LogP contribution in [0.5, 0.6) is 11.5 Å². The summed E-state index contributed by atoms with van der Waals surface area (Å²) in [7, 11) is 0. The second-order valence-corrected chi connectivity index (χ2v) is 6.11. The Bertz CT molecular complexity index is 902. The van der Waals surface area contributed by atoms with E-state index in [0.717, 1.165) is 5.56 Å². The van der Waals surface area contributed by atoms with E-state index in [1.165, 1.54) is 0 Å². The van der Waals surface area contributed by atoms with Crippen molar-refractivity contribution in [3.05, 3.63) is 44.7 Å². The van der Waals surface area contributed by atoms with Gasteiger partial charge in [0.25, 0.3) is 5.91 Å². The summed E-state index contributed by atoms with van der Waals surface area (Å²) in [6, 6.07) is 5.31. The number of hydrazone groups is 1. The Morgan fingerprint density at radius 3 is 2.72 bits per heavy atom. The van der Waals surface area contributed by atoms with Crippen molar-refractivity contribution < 1.29 is 14.3 Å². The predicted molar refractivity (Wildman–Crippen MR) is 95.9 cm³/mol. The van der Waals surface area contributed by atoms with E-state index >= 15 is 0 Å². The van der Waals surface area contributed by atoms with Crippen LogP contribution in [0.4, 0.5) is 5.69 Å². The van der Waals surface area contributed by atoms with E-state index in [4.69, 9.17) is 50.0 Å². The van der Waals surface area contributed by atoms with Gasteiger partial charge in [0, 0.05) is 5.56 Å². The first-order valence-corrected chi connectivity index (χ1v) is 8.06. The normalized spacial score (nSPS) is 13.0. The maximum atomic E-state index is 12.2. The van der Waals surface area contributed by atoms with Crippen molar-refractivity contribution in [2.24, 2.45) is 5.10 Å². The van der Waals surface area contributed by atoms with Gasteiger partial charge in [0.2, 0.25) is 6.79 Å². The fourth-order valence-electron chi connectivity index (χ4n) is 2.06. The van der Waals surface area contributed by atoms with Crippen molar-refractivity contribution in [3.63, 3.8) is 0 Å². The molecule has 25 heavy (non-hydrogen) atoms. The smallest absolute Gasteiger partial charge is 0.291 e. The maximum absolute atomic E-state index is 12.2. The molecule has 2 aromatic rings. The molecule has 1 aromatic heterocycles. The summed E-state index contributed by atoms with van der Waals surface area (Å²) in [5.74, 6) is 0.596. The Balaban J connectivity index is 1.81. The number of anilines is 1. The van der Waals surface area contributed by atoms with Gasteiger partial charge in [-0.2, -0.15) is 5.10 Å². The van der Waals surface area contributed by atoms with E-state index in [1.807, 2.05) is 0 Å². The van der Waals surface area contributed by atoms with Gasteiger partial charge in [0.15, 0.2) is 22.3 Å². The van der Waals surface area contributed by atoms with Gasteiger partial charge in [0.1, 0.15) is 5.02 Å². The first-order chi connectivity index (χ1) is 11.9. The van der Waals surface area contributed by atoms with Gasteiger partial charge in [0.05, 0.1) is 16.4 Å². The van der Waals surface area contributed by atoms with Crippen LogP contribution >= 0.6 is 34.8 Å². The first-order valence-electron chi connectivity index (χ1n) is 6.93. The summed E-state index contributed by atoms with van der Waals surface area (Å²) in [5, 5.41) is 3.80. The highest BCUT2D eigenvalue weighted by Gasteiger charge is 2.20. The molecular weight excluding hydrogens is 391 g/mol. The van der Waals surface area contributed by atoms with Gasteiger partial charge in [-0.1, -0.05) is 34.8 Å². The van der Waals surface area contributed by atoms with Gasteiger partial charge in [-0.05, 0) is 25.1 Å². The SMILES string of the molecule is C/C(=N\NC(=O)c1nc(Cl)c(Cl)c(N)c1Cl)c1ccc2c(c1)OCO2. The lowest BCUT2D eigenvalue weighted by atomic mass is 10.1. The van der Waals surface area contributed by atoms with Crippen molar-refractivity contribution in [2.75, 3.05) is 12.5 Å². The molecular formula is C15H11Cl3N4O3. The van der Waals surface area contributed by atoms with E-state index in [9.17, 15) is 4.79 Å². The van der Waals surface area contributed by atoms with Gasteiger partial charge in [-0.3, -0.25) is 4.79 Å². The Morgan fingerprint density at radius 1 is 1.24 bits per heavy atom. The molecule has 2 heterocycles. The van der Waals surface area contributed by atoms with Crippen molar-refractivity contribution in [2.45, 2.75) is 6.92 Å². The lowest BCUT2D eigenvalue weighted by molar-refractivity contribution is 0.0950. The van der Waals surface area contributed by atoms with Crippen LogP contribution in [-0.4, -0.2) is 23.4 Å². The van der Waals surface area contributed by atoms with Crippen molar-refractivity contribution in [1.29, 1.82) is 0 Å². The van der Waals surface area contributed by atoms with Crippen LogP contribution in [0.3, 0.4) is 0 Å². The lowest BCUT2D eigenvalue weighted by Gasteiger charge is -2.08. The van der Waals surface area contributed by atoms with Gasteiger partial charge in [-0.25, -0.2) is 10.4 Å². The quantitative estimate of drug-likeness (QED) is 0.466. The number of rotatable bonds is 3. The number of pyridine rings is 1. The summed E-state index contributed by atoms with van der Waals surface area (Å²) in [5.41, 5.74) is 9.13. The molecule has 1 aliphatic rings. The molecule has 1 aromatic carbocycles. The number of amides is 1. The van der Waals surface area contributed by atoms with Crippen LogP contribution in [0, 0.1) is 0 Å². The summed E-state index contributed by atoms with van der Waals surface area (Å²) in [4.78, 5) is 16.1. The van der Waals surface area contributed by atoms with E-state index in [1.54, 1.807) is 25.1 Å². The highest BCUT2D eigenvalue weighted by molar-refractivity contribution is 6.46. The third-order valence-electron chi connectivity index (χ3n) is 3.40. The highest BCUT2D eigenvalue weighted by Crippen LogP contribution is 2.34. The second-order valence-electron chi connectivity index (χ2n) is 5.00. The molecule has 7 nitrogen and oxygen atoms in total. The van der Waals surface area contributed by atoms with Crippen LogP contribution < -0.4 is 20.6 Å². The molecule has 0 aliphatic carbocycles. The Morgan fingerprint density at radius 2 is 1.96 bits per heavy atom. The molecule has 0 bridgehead atoms. The maximum Gasteiger partial charge on any atom is 0.291 e.